The number of carbonyl (C=O) groups excluding carboxylic acids is 1. The molecule has 1 fully saturated rings. The topological polar surface area (TPSA) is 66.9 Å². The molecule has 1 amide bonds. The fraction of sp³-hybridized carbons (Fsp3) is 0.333. The summed E-state index contributed by atoms with van der Waals surface area (Å²) in [5.41, 5.74) is 2.69. The minimum absolute atomic E-state index is 0.178. The standard InChI is InChI=1S/C21H24N4O3/c1-2-6-23-21(26)18-13-17(5-7-22-18)25-10-8-24(9-11-25)14-16-3-4-19-20(12-16)28-15-27-19/h2-5,7,12-13H,1,6,8-11,14-15H2,(H,23,26). The molecule has 0 atom stereocenters. The van der Waals surface area contributed by atoms with Gasteiger partial charge in [-0.25, -0.2) is 0 Å². The van der Waals surface area contributed by atoms with Crippen LogP contribution in [0.25, 0.3) is 0 Å². The van der Waals surface area contributed by atoms with E-state index in [0.29, 0.717) is 19.0 Å². The van der Waals surface area contributed by atoms with Crippen molar-refractivity contribution in [1.29, 1.82) is 0 Å². The third-order valence-corrected chi connectivity index (χ3v) is 4.96. The molecule has 0 saturated carbocycles. The van der Waals surface area contributed by atoms with E-state index in [2.05, 4.69) is 38.8 Å². The molecular weight excluding hydrogens is 356 g/mol. The maximum Gasteiger partial charge on any atom is 0.270 e. The van der Waals surface area contributed by atoms with Gasteiger partial charge in [-0.05, 0) is 29.8 Å². The molecule has 1 N–H and O–H groups in total. The van der Waals surface area contributed by atoms with Crippen LogP contribution in [-0.2, 0) is 6.54 Å². The van der Waals surface area contributed by atoms with Gasteiger partial charge in [-0.1, -0.05) is 12.1 Å². The molecule has 0 bridgehead atoms. The average Bonchev–Trinajstić information content (AvgIpc) is 3.20. The van der Waals surface area contributed by atoms with Crippen molar-refractivity contribution in [3.8, 4) is 11.5 Å². The molecule has 4 rings (SSSR count). The third kappa shape index (κ3) is 4.09. The highest BCUT2D eigenvalue weighted by Gasteiger charge is 2.20. The number of benzene rings is 1. The van der Waals surface area contributed by atoms with Crippen molar-refractivity contribution in [2.75, 3.05) is 44.4 Å². The van der Waals surface area contributed by atoms with Gasteiger partial charge in [0.1, 0.15) is 5.69 Å². The summed E-state index contributed by atoms with van der Waals surface area (Å²) in [5.74, 6) is 1.47. The zero-order chi connectivity index (χ0) is 19.3. The molecule has 146 valence electrons. The summed E-state index contributed by atoms with van der Waals surface area (Å²) < 4.78 is 10.8. The Morgan fingerprint density at radius 3 is 2.79 bits per heavy atom. The van der Waals surface area contributed by atoms with Crippen molar-refractivity contribution in [1.82, 2.24) is 15.2 Å². The number of nitrogens with zero attached hydrogens (tertiary/aromatic N) is 3. The summed E-state index contributed by atoms with van der Waals surface area (Å²) in [7, 11) is 0. The summed E-state index contributed by atoms with van der Waals surface area (Å²) in [6, 6.07) is 9.94. The molecule has 0 radical (unpaired) electrons. The minimum Gasteiger partial charge on any atom is -0.454 e. The number of pyridine rings is 1. The predicted octanol–water partition coefficient (Wildman–Crippen LogP) is 2.05. The summed E-state index contributed by atoms with van der Waals surface area (Å²) in [4.78, 5) is 21.0. The molecular formula is C21H24N4O3. The first kappa shape index (κ1) is 18.3. The van der Waals surface area contributed by atoms with E-state index in [1.807, 2.05) is 18.2 Å². The van der Waals surface area contributed by atoms with Crippen LogP contribution in [0.3, 0.4) is 0 Å². The second-order valence-corrected chi connectivity index (χ2v) is 6.85. The highest BCUT2D eigenvalue weighted by molar-refractivity contribution is 5.93. The highest BCUT2D eigenvalue weighted by atomic mass is 16.7. The molecule has 1 saturated heterocycles. The lowest BCUT2D eigenvalue weighted by atomic mass is 10.1. The van der Waals surface area contributed by atoms with Crippen LogP contribution in [0.1, 0.15) is 16.1 Å². The van der Waals surface area contributed by atoms with Gasteiger partial charge in [0.2, 0.25) is 6.79 Å². The smallest absolute Gasteiger partial charge is 0.270 e. The lowest BCUT2D eigenvalue weighted by molar-refractivity contribution is 0.0953. The molecule has 28 heavy (non-hydrogen) atoms. The Morgan fingerprint density at radius 2 is 1.96 bits per heavy atom. The fourth-order valence-corrected chi connectivity index (χ4v) is 3.46. The first-order valence-electron chi connectivity index (χ1n) is 9.44. The van der Waals surface area contributed by atoms with E-state index < -0.39 is 0 Å². The van der Waals surface area contributed by atoms with Crippen LogP contribution < -0.4 is 19.7 Å². The zero-order valence-electron chi connectivity index (χ0n) is 15.8. The molecule has 0 unspecified atom stereocenters. The van der Waals surface area contributed by atoms with E-state index in [4.69, 9.17) is 9.47 Å². The molecule has 2 aromatic rings. The summed E-state index contributed by atoms with van der Waals surface area (Å²) in [6.45, 7) is 8.95. The van der Waals surface area contributed by atoms with Gasteiger partial charge < -0.3 is 19.7 Å². The SMILES string of the molecule is C=CCNC(=O)c1cc(N2CCN(Cc3ccc4c(c3)OCO4)CC2)ccn1. The molecule has 7 heteroatoms. The van der Waals surface area contributed by atoms with Crippen molar-refractivity contribution >= 4 is 11.6 Å². The Labute approximate surface area is 164 Å². The van der Waals surface area contributed by atoms with Gasteiger partial charge in [0.05, 0.1) is 0 Å². The molecule has 3 heterocycles. The van der Waals surface area contributed by atoms with Crippen LogP contribution >= 0.6 is 0 Å². The summed E-state index contributed by atoms with van der Waals surface area (Å²) in [5, 5.41) is 2.77. The van der Waals surface area contributed by atoms with Crippen LogP contribution in [0.2, 0.25) is 0 Å². The zero-order valence-corrected chi connectivity index (χ0v) is 15.8. The van der Waals surface area contributed by atoms with Gasteiger partial charge in [-0.2, -0.15) is 0 Å². The second-order valence-electron chi connectivity index (χ2n) is 6.85. The quantitative estimate of drug-likeness (QED) is 0.774. The van der Waals surface area contributed by atoms with Crippen molar-refractivity contribution in [3.63, 3.8) is 0 Å². The number of piperazine rings is 1. The number of aromatic nitrogens is 1. The Morgan fingerprint density at radius 1 is 1.14 bits per heavy atom. The first-order valence-corrected chi connectivity index (χ1v) is 9.44. The van der Waals surface area contributed by atoms with E-state index in [0.717, 1.165) is 49.9 Å². The number of carbonyl (C=O) groups is 1. The Kier molecular flexibility index (Phi) is 5.43. The Balaban J connectivity index is 1.34. The number of rotatable bonds is 6. The molecule has 2 aliphatic heterocycles. The van der Waals surface area contributed by atoms with Crippen LogP contribution in [0, 0.1) is 0 Å². The van der Waals surface area contributed by atoms with Crippen molar-refractivity contribution in [3.05, 3.63) is 60.4 Å². The summed E-state index contributed by atoms with van der Waals surface area (Å²) >= 11 is 0. The minimum atomic E-state index is -0.178. The van der Waals surface area contributed by atoms with E-state index in [-0.39, 0.29) is 5.91 Å². The normalized spacial score (nSPS) is 16.1. The van der Waals surface area contributed by atoms with Crippen LogP contribution in [-0.4, -0.2) is 55.3 Å². The predicted molar refractivity (Wildman–Crippen MR) is 107 cm³/mol. The number of nitrogens with one attached hydrogen (secondary N) is 1. The second kappa shape index (κ2) is 8.31. The Bertz CT molecular complexity index is 862. The molecule has 1 aromatic heterocycles. The van der Waals surface area contributed by atoms with Gasteiger partial charge in [0.15, 0.2) is 11.5 Å². The number of amides is 1. The Hall–Kier alpha value is -3.06. The van der Waals surface area contributed by atoms with Gasteiger partial charge in [-0.3, -0.25) is 14.7 Å². The molecule has 2 aliphatic rings. The third-order valence-electron chi connectivity index (χ3n) is 4.96. The first-order chi connectivity index (χ1) is 13.7. The molecule has 1 aromatic carbocycles. The van der Waals surface area contributed by atoms with E-state index in [9.17, 15) is 4.79 Å². The van der Waals surface area contributed by atoms with Crippen LogP contribution in [0.15, 0.2) is 49.2 Å². The number of hydrogen-bond donors (Lipinski definition) is 1. The van der Waals surface area contributed by atoms with Crippen LogP contribution in [0.5, 0.6) is 11.5 Å². The lowest BCUT2D eigenvalue weighted by Crippen LogP contribution is -2.46. The molecule has 0 aliphatic carbocycles. The largest absolute Gasteiger partial charge is 0.454 e. The van der Waals surface area contributed by atoms with E-state index in [1.54, 1.807) is 12.3 Å². The maximum atomic E-state index is 12.1. The highest BCUT2D eigenvalue weighted by Crippen LogP contribution is 2.33. The molecule has 0 spiro atoms. The number of fused-ring (bicyclic) bond motifs is 1. The molecule has 7 nitrogen and oxygen atoms in total. The number of anilines is 1. The maximum absolute atomic E-state index is 12.1. The van der Waals surface area contributed by atoms with Gasteiger partial charge in [-0.15, -0.1) is 6.58 Å². The number of ether oxygens (including phenoxy) is 2. The fourth-order valence-electron chi connectivity index (χ4n) is 3.46. The van der Waals surface area contributed by atoms with Crippen molar-refractivity contribution < 1.29 is 14.3 Å². The number of hydrogen-bond acceptors (Lipinski definition) is 6. The monoisotopic (exact) mass is 380 g/mol. The van der Waals surface area contributed by atoms with E-state index >= 15 is 0 Å². The van der Waals surface area contributed by atoms with Gasteiger partial charge in [0.25, 0.3) is 5.91 Å². The van der Waals surface area contributed by atoms with Gasteiger partial charge in [0, 0.05) is 51.2 Å². The average molecular weight is 380 g/mol. The van der Waals surface area contributed by atoms with Gasteiger partial charge >= 0.3 is 0 Å². The lowest BCUT2D eigenvalue weighted by Gasteiger charge is -2.36. The van der Waals surface area contributed by atoms with Crippen LogP contribution in [0.4, 0.5) is 5.69 Å². The summed E-state index contributed by atoms with van der Waals surface area (Å²) in [6.07, 6.45) is 3.35. The van der Waals surface area contributed by atoms with E-state index in [1.165, 1.54) is 5.56 Å². The van der Waals surface area contributed by atoms with Crippen molar-refractivity contribution in [2.24, 2.45) is 0 Å². The van der Waals surface area contributed by atoms with Crippen molar-refractivity contribution in [2.45, 2.75) is 6.54 Å².